The largest absolute Gasteiger partial charge is 0.481 e. The maximum Gasteiger partial charge on any atom is 0.303 e. The van der Waals surface area contributed by atoms with Crippen molar-refractivity contribution in [1.29, 1.82) is 0 Å². The molecule has 1 heterocycles. The molecule has 0 aromatic carbocycles. The molecular weight excluding hydrogens is 222 g/mol. The molecule has 1 N–H and O–H groups in total. The van der Waals surface area contributed by atoms with Crippen LogP contribution in [0.15, 0.2) is 4.52 Å². The van der Waals surface area contributed by atoms with Crippen LogP contribution in [0.25, 0.3) is 0 Å². The molecule has 0 radical (unpaired) electrons. The summed E-state index contributed by atoms with van der Waals surface area (Å²) in [5, 5.41) is 12.7. The van der Waals surface area contributed by atoms with Crippen molar-refractivity contribution in [2.24, 2.45) is 5.92 Å². The maximum absolute atomic E-state index is 12.0. The van der Waals surface area contributed by atoms with Crippen LogP contribution in [0.5, 0.6) is 0 Å². The van der Waals surface area contributed by atoms with Crippen LogP contribution in [0.2, 0.25) is 0 Å². The molecule has 0 amide bonds. The number of rotatable bonds is 3. The fourth-order valence-corrected chi connectivity index (χ4v) is 2.26. The molecule has 5 nitrogen and oxygen atoms in total. The molecule has 2 rings (SSSR count). The number of carbonyl (C=O) groups is 2. The summed E-state index contributed by atoms with van der Waals surface area (Å²) < 4.78 is 5.17. The Bertz CT molecular complexity index is 461. The number of nitrogens with zero attached hydrogens (tertiary/aromatic N) is 1. The summed E-state index contributed by atoms with van der Waals surface area (Å²) in [5.74, 6) is -0.392. The fraction of sp³-hybridized carbons (Fsp3) is 0.583. The molecule has 17 heavy (non-hydrogen) atoms. The van der Waals surface area contributed by atoms with E-state index in [4.69, 9.17) is 9.63 Å². The van der Waals surface area contributed by atoms with Crippen molar-refractivity contribution in [2.45, 2.75) is 39.0 Å². The average molecular weight is 237 g/mol. The highest BCUT2D eigenvalue weighted by molar-refractivity contribution is 5.99. The lowest BCUT2D eigenvalue weighted by Crippen LogP contribution is -2.22. The molecule has 0 aliphatic heterocycles. The lowest BCUT2D eigenvalue weighted by Gasteiger charge is -2.18. The minimum absolute atomic E-state index is 0.00287. The molecule has 1 aromatic heterocycles. The van der Waals surface area contributed by atoms with Crippen LogP contribution >= 0.6 is 0 Å². The van der Waals surface area contributed by atoms with Crippen LogP contribution in [0, 0.1) is 5.92 Å². The van der Waals surface area contributed by atoms with Crippen LogP contribution in [0.1, 0.15) is 54.4 Å². The third-order valence-electron chi connectivity index (χ3n) is 3.03. The van der Waals surface area contributed by atoms with E-state index >= 15 is 0 Å². The topological polar surface area (TPSA) is 80.4 Å². The highest BCUT2D eigenvalue weighted by Crippen LogP contribution is 2.32. The summed E-state index contributed by atoms with van der Waals surface area (Å²) in [6.45, 7) is 3.91. The molecule has 0 spiro atoms. The molecule has 0 saturated heterocycles. The lowest BCUT2D eigenvalue weighted by molar-refractivity contribution is -0.138. The summed E-state index contributed by atoms with van der Waals surface area (Å²) >= 11 is 0. The highest BCUT2D eigenvalue weighted by atomic mass is 16.5. The van der Waals surface area contributed by atoms with Crippen LogP contribution < -0.4 is 0 Å². The summed E-state index contributed by atoms with van der Waals surface area (Å²) in [7, 11) is 0. The van der Waals surface area contributed by atoms with Crippen molar-refractivity contribution in [3.8, 4) is 0 Å². The van der Waals surface area contributed by atoms with Gasteiger partial charge in [0.1, 0.15) is 5.76 Å². The van der Waals surface area contributed by atoms with Gasteiger partial charge in [-0.05, 0) is 11.8 Å². The van der Waals surface area contributed by atoms with E-state index in [1.165, 1.54) is 0 Å². The summed E-state index contributed by atoms with van der Waals surface area (Å²) in [5.41, 5.74) is 1.28. The van der Waals surface area contributed by atoms with Crippen LogP contribution in [0.3, 0.4) is 0 Å². The zero-order chi connectivity index (χ0) is 12.6. The second-order valence-electron chi connectivity index (χ2n) is 4.82. The number of hydrogen-bond acceptors (Lipinski definition) is 4. The normalized spacial score (nSPS) is 19.5. The Kier molecular flexibility index (Phi) is 3.00. The van der Waals surface area contributed by atoms with Gasteiger partial charge in [0.2, 0.25) is 0 Å². The van der Waals surface area contributed by atoms with E-state index in [1.807, 2.05) is 13.8 Å². The van der Waals surface area contributed by atoms with Gasteiger partial charge in [-0.3, -0.25) is 9.59 Å². The number of fused-ring (bicyclic) bond motifs is 1. The zero-order valence-corrected chi connectivity index (χ0v) is 9.90. The maximum atomic E-state index is 12.0. The van der Waals surface area contributed by atoms with Crippen molar-refractivity contribution in [3.63, 3.8) is 0 Å². The standard InChI is InChI=1S/C12H15NO4/c1-6(2)12-11-8(14)3-7(5-10(15)16)4-9(11)17-13-12/h6-7H,3-5H2,1-2H3,(H,15,16). The third-order valence-corrected chi connectivity index (χ3v) is 3.03. The van der Waals surface area contributed by atoms with E-state index in [2.05, 4.69) is 5.16 Å². The average Bonchev–Trinajstić information content (AvgIpc) is 2.60. The van der Waals surface area contributed by atoms with E-state index in [1.54, 1.807) is 0 Å². The van der Waals surface area contributed by atoms with Gasteiger partial charge in [0.15, 0.2) is 5.78 Å². The first-order valence-electron chi connectivity index (χ1n) is 5.72. The van der Waals surface area contributed by atoms with E-state index in [9.17, 15) is 9.59 Å². The molecule has 0 saturated carbocycles. The van der Waals surface area contributed by atoms with Crippen LogP contribution in [0.4, 0.5) is 0 Å². The number of Topliss-reactive ketones (excluding diaryl/α,β-unsaturated/α-hetero) is 1. The second-order valence-corrected chi connectivity index (χ2v) is 4.82. The molecule has 1 aliphatic carbocycles. The molecule has 1 aromatic rings. The van der Waals surface area contributed by atoms with E-state index in [0.717, 1.165) is 0 Å². The van der Waals surface area contributed by atoms with E-state index < -0.39 is 5.97 Å². The Labute approximate surface area is 98.8 Å². The molecule has 1 atom stereocenters. The Hall–Kier alpha value is -1.65. The van der Waals surface area contributed by atoms with Crippen molar-refractivity contribution in [1.82, 2.24) is 5.16 Å². The first-order chi connectivity index (χ1) is 7.99. The number of ketones is 1. The third kappa shape index (κ3) is 2.23. The zero-order valence-electron chi connectivity index (χ0n) is 9.90. The van der Waals surface area contributed by atoms with Crippen LogP contribution in [-0.4, -0.2) is 22.0 Å². The number of carbonyl (C=O) groups excluding carboxylic acids is 1. The van der Waals surface area contributed by atoms with Gasteiger partial charge in [0.25, 0.3) is 0 Å². The monoisotopic (exact) mass is 237 g/mol. The first kappa shape index (κ1) is 11.8. The van der Waals surface area contributed by atoms with Gasteiger partial charge in [-0.2, -0.15) is 0 Å². The molecule has 0 fully saturated rings. The van der Waals surface area contributed by atoms with Crippen molar-refractivity contribution in [3.05, 3.63) is 17.0 Å². The van der Waals surface area contributed by atoms with E-state index in [0.29, 0.717) is 23.4 Å². The Morgan fingerprint density at radius 3 is 2.82 bits per heavy atom. The minimum Gasteiger partial charge on any atom is -0.481 e. The summed E-state index contributed by atoms with van der Waals surface area (Å²) in [4.78, 5) is 22.6. The lowest BCUT2D eigenvalue weighted by atomic mass is 9.83. The van der Waals surface area contributed by atoms with E-state index in [-0.39, 0.29) is 30.5 Å². The quantitative estimate of drug-likeness (QED) is 0.869. The molecule has 0 bridgehead atoms. The SMILES string of the molecule is CC(C)c1noc2c1C(=O)CC(CC(=O)O)C2. The Morgan fingerprint density at radius 2 is 2.24 bits per heavy atom. The van der Waals surface area contributed by atoms with Gasteiger partial charge in [-0.1, -0.05) is 19.0 Å². The number of hydrogen-bond donors (Lipinski definition) is 1. The molecule has 92 valence electrons. The predicted molar refractivity (Wildman–Crippen MR) is 59.0 cm³/mol. The van der Waals surface area contributed by atoms with Gasteiger partial charge in [-0.15, -0.1) is 0 Å². The summed E-state index contributed by atoms with van der Waals surface area (Å²) in [6.07, 6.45) is 0.774. The van der Waals surface area contributed by atoms with Crippen LogP contribution in [-0.2, 0) is 11.2 Å². The number of aromatic nitrogens is 1. The van der Waals surface area contributed by atoms with Crippen molar-refractivity contribution >= 4 is 11.8 Å². The van der Waals surface area contributed by atoms with Gasteiger partial charge >= 0.3 is 5.97 Å². The minimum atomic E-state index is -0.880. The number of carboxylic acids is 1. The van der Waals surface area contributed by atoms with Crippen molar-refractivity contribution < 1.29 is 19.2 Å². The van der Waals surface area contributed by atoms with Gasteiger partial charge < -0.3 is 9.63 Å². The molecule has 5 heteroatoms. The van der Waals surface area contributed by atoms with Gasteiger partial charge in [-0.25, -0.2) is 0 Å². The smallest absolute Gasteiger partial charge is 0.303 e. The fourth-order valence-electron chi connectivity index (χ4n) is 2.26. The Morgan fingerprint density at radius 1 is 1.53 bits per heavy atom. The second kappa shape index (κ2) is 4.31. The molecular formula is C12H15NO4. The Balaban J connectivity index is 2.27. The van der Waals surface area contributed by atoms with Crippen molar-refractivity contribution in [2.75, 3.05) is 0 Å². The number of aliphatic carboxylic acids is 1. The number of carboxylic acid groups (broad SMARTS) is 1. The molecule has 1 unspecified atom stereocenters. The molecule has 1 aliphatic rings. The summed E-state index contributed by atoms with van der Waals surface area (Å²) in [6, 6.07) is 0. The predicted octanol–water partition coefficient (Wildman–Crippen LogP) is 2.02. The highest BCUT2D eigenvalue weighted by Gasteiger charge is 2.33. The first-order valence-corrected chi connectivity index (χ1v) is 5.72. The van der Waals surface area contributed by atoms with Gasteiger partial charge in [0.05, 0.1) is 11.3 Å². The van der Waals surface area contributed by atoms with Gasteiger partial charge in [0, 0.05) is 19.3 Å².